The fraction of sp³-hybridized carbons (Fsp3) is 0. The van der Waals surface area contributed by atoms with Crippen LogP contribution in [0.2, 0.25) is 0 Å². The van der Waals surface area contributed by atoms with Gasteiger partial charge in [-0.15, -0.1) is 11.3 Å². The first-order chi connectivity index (χ1) is 19.2. The molecule has 0 bridgehead atoms. The third-order valence-corrected chi connectivity index (χ3v) is 9.56. The van der Waals surface area contributed by atoms with Gasteiger partial charge in [-0.3, -0.25) is 0 Å². The van der Waals surface area contributed by atoms with Gasteiger partial charge in [-0.05, 0) is 116 Å². The second-order valence-electron chi connectivity index (χ2n) is 9.91. The third-order valence-electron chi connectivity index (χ3n) is 7.69. The SMILES string of the molecule is Ic1ccc(N(c2ccc3sc4ccccc4c3c2)c2ccc3c4ccccc4c4ccccc4c3c2)cc1. The van der Waals surface area contributed by atoms with Crippen LogP contribution in [0.1, 0.15) is 0 Å². The molecule has 1 heterocycles. The molecule has 3 heteroatoms. The molecule has 8 aromatic rings. The summed E-state index contributed by atoms with van der Waals surface area (Å²) < 4.78 is 3.87. The summed E-state index contributed by atoms with van der Waals surface area (Å²) in [7, 11) is 0. The molecule has 0 aliphatic heterocycles. The highest BCUT2D eigenvalue weighted by Crippen LogP contribution is 2.43. The molecule has 0 N–H and O–H groups in total. The molecule has 184 valence electrons. The highest BCUT2D eigenvalue weighted by Gasteiger charge is 2.17. The average molecular weight is 628 g/mol. The van der Waals surface area contributed by atoms with Crippen LogP contribution in [-0.2, 0) is 0 Å². The van der Waals surface area contributed by atoms with Gasteiger partial charge in [-0.25, -0.2) is 0 Å². The second kappa shape index (κ2) is 9.08. The van der Waals surface area contributed by atoms with Gasteiger partial charge in [-0.2, -0.15) is 0 Å². The molecule has 0 aliphatic carbocycles. The lowest BCUT2D eigenvalue weighted by atomic mass is 9.94. The fourth-order valence-electron chi connectivity index (χ4n) is 5.93. The molecule has 0 saturated carbocycles. The highest BCUT2D eigenvalue weighted by molar-refractivity contribution is 14.1. The second-order valence-corrected chi connectivity index (χ2v) is 12.2. The lowest BCUT2D eigenvalue weighted by molar-refractivity contribution is 1.29. The van der Waals surface area contributed by atoms with Gasteiger partial charge in [0.15, 0.2) is 0 Å². The van der Waals surface area contributed by atoms with Crippen LogP contribution in [-0.4, -0.2) is 0 Å². The van der Waals surface area contributed by atoms with Crippen molar-refractivity contribution in [1.82, 2.24) is 0 Å². The molecule has 0 fully saturated rings. The molecule has 7 aromatic carbocycles. The van der Waals surface area contributed by atoms with Crippen molar-refractivity contribution in [3.63, 3.8) is 0 Å². The Bertz CT molecular complexity index is 2160. The van der Waals surface area contributed by atoms with Crippen molar-refractivity contribution < 1.29 is 0 Å². The summed E-state index contributed by atoms with van der Waals surface area (Å²) in [4.78, 5) is 2.39. The van der Waals surface area contributed by atoms with E-state index in [0.717, 1.165) is 17.1 Å². The highest BCUT2D eigenvalue weighted by atomic mass is 127. The molecule has 0 atom stereocenters. The smallest absolute Gasteiger partial charge is 0.0468 e. The van der Waals surface area contributed by atoms with Crippen LogP contribution in [0, 0.1) is 3.57 Å². The van der Waals surface area contributed by atoms with Crippen LogP contribution in [0.15, 0.2) is 133 Å². The number of fused-ring (bicyclic) bond motifs is 9. The van der Waals surface area contributed by atoms with Crippen molar-refractivity contribution in [2.45, 2.75) is 0 Å². The number of rotatable bonds is 3. The first kappa shape index (κ1) is 23.0. The predicted molar refractivity (Wildman–Crippen MR) is 179 cm³/mol. The van der Waals surface area contributed by atoms with E-state index in [1.54, 1.807) is 0 Å². The Morgan fingerprint density at radius 3 is 1.51 bits per heavy atom. The zero-order valence-electron chi connectivity index (χ0n) is 20.9. The molecule has 1 nitrogen and oxygen atoms in total. The Morgan fingerprint density at radius 1 is 0.385 bits per heavy atom. The van der Waals surface area contributed by atoms with E-state index in [-0.39, 0.29) is 0 Å². The van der Waals surface area contributed by atoms with Crippen LogP contribution >= 0.6 is 33.9 Å². The van der Waals surface area contributed by atoms with Crippen molar-refractivity contribution in [2.24, 2.45) is 0 Å². The summed E-state index contributed by atoms with van der Waals surface area (Å²) >= 11 is 4.24. The number of halogens is 1. The summed E-state index contributed by atoms with van der Waals surface area (Å²) in [5.74, 6) is 0. The Morgan fingerprint density at radius 2 is 0.846 bits per heavy atom. The maximum absolute atomic E-state index is 2.39. The number of hydrogen-bond acceptors (Lipinski definition) is 2. The van der Waals surface area contributed by atoms with E-state index < -0.39 is 0 Å². The summed E-state index contributed by atoms with van der Waals surface area (Å²) in [5, 5.41) is 10.4. The Hall–Kier alpha value is -3.93. The summed E-state index contributed by atoms with van der Waals surface area (Å²) in [5.41, 5.74) is 3.47. The minimum absolute atomic E-state index is 1.15. The van der Waals surface area contributed by atoms with Crippen LogP contribution < -0.4 is 4.90 Å². The van der Waals surface area contributed by atoms with Crippen molar-refractivity contribution in [2.75, 3.05) is 4.90 Å². The van der Waals surface area contributed by atoms with Crippen molar-refractivity contribution in [3.8, 4) is 0 Å². The van der Waals surface area contributed by atoms with E-state index in [0.29, 0.717) is 0 Å². The van der Waals surface area contributed by atoms with E-state index >= 15 is 0 Å². The Labute approximate surface area is 244 Å². The molecule has 39 heavy (non-hydrogen) atoms. The number of anilines is 3. The predicted octanol–water partition coefficient (Wildman–Crippen LogP) is 11.6. The van der Waals surface area contributed by atoms with E-state index in [1.165, 1.54) is 56.1 Å². The third kappa shape index (κ3) is 3.72. The standard InChI is InChI=1S/C36H22INS/c37-23-13-15-24(16-14-23)38(26-18-20-36-34(22-26)32-11-5-6-12-35(32)39-36)25-17-19-31-29-9-2-1-7-27(29)28-8-3-4-10-30(28)33(31)21-25/h1-22H. The van der Waals surface area contributed by atoms with Gasteiger partial charge in [0.05, 0.1) is 0 Å². The number of nitrogens with zero attached hydrogens (tertiary/aromatic N) is 1. The van der Waals surface area contributed by atoms with Crippen LogP contribution in [0.4, 0.5) is 17.1 Å². The Kier molecular flexibility index (Phi) is 5.35. The monoisotopic (exact) mass is 627 g/mol. The van der Waals surface area contributed by atoms with E-state index in [1.807, 2.05) is 11.3 Å². The normalized spacial score (nSPS) is 11.7. The first-order valence-electron chi connectivity index (χ1n) is 13.0. The maximum Gasteiger partial charge on any atom is 0.0468 e. The van der Waals surface area contributed by atoms with Gasteiger partial charge in [0.25, 0.3) is 0 Å². The molecular formula is C36H22INS. The summed E-state index contributed by atoms with van der Waals surface area (Å²) in [6, 6.07) is 48.9. The number of hydrogen-bond donors (Lipinski definition) is 0. The summed E-state index contributed by atoms with van der Waals surface area (Å²) in [6.45, 7) is 0. The van der Waals surface area contributed by atoms with Crippen molar-refractivity contribution in [1.29, 1.82) is 0 Å². The summed E-state index contributed by atoms with van der Waals surface area (Å²) in [6.07, 6.45) is 0. The van der Waals surface area contributed by atoms with Gasteiger partial charge in [0.2, 0.25) is 0 Å². The largest absolute Gasteiger partial charge is 0.310 e. The van der Waals surface area contributed by atoms with Crippen LogP contribution in [0.5, 0.6) is 0 Å². The van der Waals surface area contributed by atoms with Crippen molar-refractivity contribution in [3.05, 3.63) is 137 Å². The van der Waals surface area contributed by atoms with E-state index in [9.17, 15) is 0 Å². The van der Waals surface area contributed by atoms with Gasteiger partial charge < -0.3 is 4.90 Å². The van der Waals surface area contributed by atoms with E-state index in [4.69, 9.17) is 0 Å². The topological polar surface area (TPSA) is 3.24 Å². The zero-order chi connectivity index (χ0) is 25.9. The van der Waals surface area contributed by atoms with Gasteiger partial charge in [-0.1, -0.05) is 72.8 Å². The molecular weight excluding hydrogens is 605 g/mol. The Balaban J connectivity index is 1.42. The molecule has 0 unspecified atom stereocenters. The average Bonchev–Trinajstić information content (AvgIpc) is 3.36. The molecule has 0 aliphatic rings. The molecule has 0 saturated heterocycles. The molecule has 0 amide bonds. The number of thiophene rings is 1. The van der Waals surface area contributed by atoms with Crippen LogP contribution in [0.3, 0.4) is 0 Å². The minimum atomic E-state index is 1.15. The first-order valence-corrected chi connectivity index (χ1v) is 14.9. The van der Waals surface area contributed by atoms with Crippen molar-refractivity contribution >= 4 is 103 Å². The van der Waals surface area contributed by atoms with Gasteiger partial charge in [0, 0.05) is 40.8 Å². The lowest BCUT2D eigenvalue weighted by Crippen LogP contribution is -2.09. The van der Waals surface area contributed by atoms with Gasteiger partial charge in [0.1, 0.15) is 0 Å². The molecule has 1 aromatic heterocycles. The molecule has 8 rings (SSSR count). The quantitative estimate of drug-likeness (QED) is 0.139. The number of benzene rings is 7. The molecule has 0 spiro atoms. The minimum Gasteiger partial charge on any atom is -0.310 e. The van der Waals surface area contributed by atoms with Crippen LogP contribution in [0.25, 0.3) is 52.5 Å². The fourth-order valence-corrected chi connectivity index (χ4v) is 7.37. The van der Waals surface area contributed by atoms with Gasteiger partial charge >= 0.3 is 0 Å². The molecule has 0 radical (unpaired) electrons. The zero-order valence-corrected chi connectivity index (χ0v) is 23.9. The maximum atomic E-state index is 2.39. The lowest BCUT2D eigenvalue weighted by Gasteiger charge is -2.26. The van der Waals surface area contributed by atoms with E-state index in [2.05, 4.69) is 161 Å².